The van der Waals surface area contributed by atoms with Crippen LogP contribution in [0.5, 0.6) is 0 Å². The molecule has 1 aliphatic heterocycles. The van der Waals surface area contributed by atoms with Gasteiger partial charge >= 0.3 is 0 Å². The molecule has 0 atom stereocenters. The summed E-state index contributed by atoms with van der Waals surface area (Å²) in [7, 11) is 0. The zero-order valence-electron chi connectivity index (χ0n) is 11.0. The zero-order valence-corrected chi connectivity index (χ0v) is 11.0. The minimum atomic E-state index is 1.01. The molecule has 0 unspecified atom stereocenters. The van der Waals surface area contributed by atoms with Crippen molar-refractivity contribution in [3.05, 3.63) is 77.4 Å². The van der Waals surface area contributed by atoms with Gasteiger partial charge in [0.15, 0.2) is 12.8 Å². The maximum absolute atomic E-state index is 2.39. The van der Waals surface area contributed by atoms with E-state index in [1.807, 2.05) is 0 Å². The van der Waals surface area contributed by atoms with E-state index in [9.17, 15) is 0 Å². The Balaban J connectivity index is 1.73. The molecule has 1 nitrogen and oxygen atoms in total. The van der Waals surface area contributed by atoms with Gasteiger partial charge in [0.05, 0.1) is 0 Å². The predicted octanol–water partition coefficient (Wildman–Crippen LogP) is 3.76. The summed E-state index contributed by atoms with van der Waals surface area (Å²) in [6, 6.07) is 21.2. The lowest BCUT2D eigenvalue weighted by atomic mass is 10.1. The van der Waals surface area contributed by atoms with Crippen LogP contribution < -0.4 is 0 Å². The molecule has 0 amide bonds. The number of hydrogen-bond acceptors (Lipinski definition) is 0. The van der Waals surface area contributed by atoms with Crippen LogP contribution in [-0.2, 0) is 6.54 Å². The first-order chi connectivity index (χ1) is 9.40. The summed E-state index contributed by atoms with van der Waals surface area (Å²) in [6.07, 6.45) is 5.72. The average molecular weight is 248 g/mol. The largest absolute Gasteiger partial charge is 0.231 e. The lowest BCUT2D eigenvalue weighted by Crippen LogP contribution is -2.07. The fourth-order valence-electron chi connectivity index (χ4n) is 2.45. The number of hydrogen-bond donors (Lipinski definition) is 0. The molecule has 94 valence electrons. The van der Waals surface area contributed by atoms with Crippen molar-refractivity contribution in [3.8, 4) is 0 Å². The molecule has 0 saturated heterocycles. The van der Waals surface area contributed by atoms with Crippen molar-refractivity contribution in [2.24, 2.45) is 0 Å². The van der Waals surface area contributed by atoms with Crippen LogP contribution in [-0.4, -0.2) is 17.3 Å². The Morgan fingerprint density at radius 1 is 0.895 bits per heavy atom. The highest BCUT2D eigenvalue weighted by Gasteiger charge is 2.15. The van der Waals surface area contributed by atoms with E-state index in [1.165, 1.54) is 16.7 Å². The summed E-state index contributed by atoms with van der Waals surface area (Å²) in [5, 5.41) is 0. The van der Waals surface area contributed by atoms with Gasteiger partial charge in [-0.25, -0.2) is 4.58 Å². The lowest BCUT2D eigenvalue weighted by Gasteiger charge is -1.97. The monoisotopic (exact) mass is 248 g/mol. The van der Waals surface area contributed by atoms with Crippen LogP contribution in [0.3, 0.4) is 0 Å². The Hall–Kier alpha value is -2.15. The molecule has 2 aromatic carbocycles. The molecule has 2 aromatic rings. The van der Waals surface area contributed by atoms with Crippen molar-refractivity contribution in [2.75, 3.05) is 6.54 Å². The van der Waals surface area contributed by atoms with Crippen molar-refractivity contribution in [1.82, 2.24) is 0 Å². The Morgan fingerprint density at radius 2 is 1.58 bits per heavy atom. The van der Waals surface area contributed by atoms with E-state index < -0.39 is 0 Å². The van der Waals surface area contributed by atoms with Crippen molar-refractivity contribution in [2.45, 2.75) is 13.0 Å². The summed E-state index contributed by atoms with van der Waals surface area (Å²) in [5.41, 5.74) is 4.08. The molecule has 3 rings (SSSR count). The third-order valence-corrected chi connectivity index (χ3v) is 3.42. The molecule has 0 spiro atoms. The van der Waals surface area contributed by atoms with E-state index in [1.54, 1.807) is 0 Å². The maximum Gasteiger partial charge on any atom is 0.168 e. The SMILES string of the molecule is C1=[N+](Cc2ccccc2)CC/C1=C/c1ccccc1. The van der Waals surface area contributed by atoms with E-state index in [-0.39, 0.29) is 0 Å². The zero-order chi connectivity index (χ0) is 12.9. The highest BCUT2D eigenvalue weighted by molar-refractivity contribution is 5.83. The second-order valence-corrected chi connectivity index (χ2v) is 4.97. The first kappa shape index (κ1) is 11.9. The second-order valence-electron chi connectivity index (χ2n) is 4.97. The molecular weight excluding hydrogens is 230 g/mol. The van der Waals surface area contributed by atoms with Gasteiger partial charge in [0, 0.05) is 17.6 Å². The molecule has 0 saturated carbocycles. The minimum Gasteiger partial charge on any atom is -0.231 e. The Labute approximate surface area is 114 Å². The van der Waals surface area contributed by atoms with E-state index in [4.69, 9.17) is 0 Å². The molecule has 1 aliphatic rings. The van der Waals surface area contributed by atoms with Crippen LogP contribution in [0.4, 0.5) is 0 Å². The van der Waals surface area contributed by atoms with E-state index in [0.717, 1.165) is 19.5 Å². The summed E-state index contributed by atoms with van der Waals surface area (Å²) in [5.74, 6) is 0. The molecule has 0 N–H and O–H groups in total. The number of benzene rings is 2. The molecule has 19 heavy (non-hydrogen) atoms. The Morgan fingerprint density at radius 3 is 2.32 bits per heavy atom. The molecular formula is C18H18N+. The topological polar surface area (TPSA) is 3.01 Å². The fraction of sp³-hybridized carbons (Fsp3) is 0.167. The third kappa shape index (κ3) is 3.19. The summed E-state index contributed by atoms with van der Waals surface area (Å²) >= 11 is 0. The summed E-state index contributed by atoms with van der Waals surface area (Å²) in [4.78, 5) is 0. The first-order valence-corrected chi connectivity index (χ1v) is 6.79. The lowest BCUT2D eigenvalue weighted by molar-refractivity contribution is -0.532. The minimum absolute atomic E-state index is 1.01. The highest BCUT2D eigenvalue weighted by atomic mass is 15.0. The maximum atomic E-state index is 2.39. The van der Waals surface area contributed by atoms with Gasteiger partial charge in [-0.15, -0.1) is 0 Å². The Bertz CT molecular complexity index is 594. The molecule has 1 heteroatoms. The van der Waals surface area contributed by atoms with Gasteiger partial charge in [-0.05, 0) is 11.6 Å². The summed E-state index contributed by atoms with van der Waals surface area (Å²) in [6.45, 7) is 2.13. The second kappa shape index (κ2) is 5.66. The van der Waals surface area contributed by atoms with Crippen LogP contribution in [0.2, 0.25) is 0 Å². The van der Waals surface area contributed by atoms with Gasteiger partial charge in [-0.1, -0.05) is 60.7 Å². The smallest absolute Gasteiger partial charge is 0.168 e. The number of nitrogens with zero attached hydrogens (tertiary/aromatic N) is 1. The van der Waals surface area contributed by atoms with Gasteiger partial charge in [0.2, 0.25) is 0 Å². The molecule has 0 bridgehead atoms. The van der Waals surface area contributed by atoms with E-state index in [0.29, 0.717) is 0 Å². The summed E-state index contributed by atoms with van der Waals surface area (Å²) < 4.78 is 2.39. The van der Waals surface area contributed by atoms with Crippen molar-refractivity contribution in [3.63, 3.8) is 0 Å². The van der Waals surface area contributed by atoms with E-state index >= 15 is 0 Å². The normalized spacial score (nSPS) is 16.6. The van der Waals surface area contributed by atoms with Crippen LogP contribution in [0.25, 0.3) is 6.08 Å². The average Bonchev–Trinajstić information content (AvgIpc) is 2.88. The Kier molecular flexibility index (Phi) is 3.55. The highest BCUT2D eigenvalue weighted by Crippen LogP contribution is 2.14. The van der Waals surface area contributed by atoms with Gasteiger partial charge in [-0.2, -0.15) is 0 Å². The van der Waals surface area contributed by atoms with E-state index in [2.05, 4.69) is 77.5 Å². The van der Waals surface area contributed by atoms with Crippen LogP contribution in [0.15, 0.2) is 66.2 Å². The van der Waals surface area contributed by atoms with Gasteiger partial charge in [-0.3, -0.25) is 0 Å². The quantitative estimate of drug-likeness (QED) is 0.728. The van der Waals surface area contributed by atoms with Gasteiger partial charge in [0.25, 0.3) is 0 Å². The molecule has 0 aromatic heterocycles. The standard InChI is InChI=1S/C18H18N/c1-3-7-16(8-4-1)13-18-11-12-19(15-18)14-17-9-5-2-6-10-17/h1-10,13,15H,11-12,14H2/q+1/b18-13-. The fourth-order valence-corrected chi connectivity index (χ4v) is 2.45. The van der Waals surface area contributed by atoms with Gasteiger partial charge < -0.3 is 0 Å². The van der Waals surface area contributed by atoms with Crippen molar-refractivity contribution < 1.29 is 4.58 Å². The van der Waals surface area contributed by atoms with Crippen molar-refractivity contribution >= 4 is 12.3 Å². The molecule has 1 heterocycles. The van der Waals surface area contributed by atoms with Crippen LogP contribution in [0, 0.1) is 0 Å². The number of rotatable bonds is 3. The van der Waals surface area contributed by atoms with Crippen LogP contribution >= 0.6 is 0 Å². The third-order valence-electron chi connectivity index (χ3n) is 3.42. The molecule has 0 aliphatic carbocycles. The van der Waals surface area contributed by atoms with Crippen LogP contribution in [0.1, 0.15) is 17.5 Å². The first-order valence-electron chi connectivity index (χ1n) is 6.79. The molecule has 0 radical (unpaired) electrons. The van der Waals surface area contributed by atoms with Crippen molar-refractivity contribution in [1.29, 1.82) is 0 Å². The molecule has 0 fully saturated rings. The van der Waals surface area contributed by atoms with Gasteiger partial charge in [0.1, 0.15) is 6.54 Å². The predicted molar refractivity (Wildman–Crippen MR) is 80.4 cm³/mol.